The van der Waals surface area contributed by atoms with Crippen LogP contribution in [0.15, 0.2) is 0 Å². The van der Waals surface area contributed by atoms with Gasteiger partial charge in [-0.05, 0) is 87.6 Å². The van der Waals surface area contributed by atoms with Gasteiger partial charge in [-0.3, -0.25) is 0 Å². The molecule has 2 saturated carbocycles. The SMILES string of the molecule is CC(C)(C)[Si](C)(C)OC1CCC(N)CC1.CC(C)(C)[Si](C)(C)OC1CCC(N)CC1. The van der Waals surface area contributed by atoms with Crippen LogP contribution in [0, 0.1) is 0 Å². The molecule has 2 rings (SSSR count). The minimum absolute atomic E-state index is 0.326. The van der Waals surface area contributed by atoms with E-state index in [9.17, 15) is 0 Å². The van der Waals surface area contributed by atoms with Crippen molar-refractivity contribution in [2.75, 3.05) is 0 Å². The molecule has 0 bridgehead atoms. The maximum atomic E-state index is 6.37. The molecular weight excluding hydrogens is 404 g/mol. The molecule has 0 heterocycles. The predicted octanol–water partition coefficient (Wildman–Crippen LogP) is 6.56. The second kappa shape index (κ2) is 10.9. The number of hydrogen-bond donors (Lipinski definition) is 2. The Kier molecular flexibility index (Phi) is 10.3. The van der Waals surface area contributed by atoms with E-state index in [4.69, 9.17) is 20.3 Å². The number of hydrogen-bond acceptors (Lipinski definition) is 4. The molecule has 0 atom stereocenters. The molecule has 6 heteroatoms. The summed E-state index contributed by atoms with van der Waals surface area (Å²) in [5, 5.41) is 0.652. The largest absolute Gasteiger partial charge is 0.414 e. The van der Waals surface area contributed by atoms with Gasteiger partial charge in [0.2, 0.25) is 0 Å². The number of nitrogens with two attached hydrogens (primary N) is 2. The highest BCUT2D eigenvalue weighted by atomic mass is 28.4. The minimum atomic E-state index is -1.56. The van der Waals surface area contributed by atoms with Crippen molar-refractivity contribution >= 4 is 16.6 Å². The zero-order valence-electron chi connectivity index (χ0n) is 21.9. The van der Waals surface area contributed by atoms with Crippen molar-refractivity contribution in [3.63, 3.8) is 0 Å². The molecule has 0 aliphatic heterocycles. The van der Waals surface area contributed by atoms with Crippen molar-refractivity contribution < 1.29 is 8.85 Å². The van der Waals surface area contributed by atoms with E-state index in [0.29, 0.717) is 34.4 Å². The van der Waals surface area contributed by atoms with Crippen molar-refractivity contribution in [1.29, 1.82) is 0 Å². The quantitative estimate of drug-likeness (QED) is 0.468. The average molecular weight is 459 g/mol. The second-order valence-corrected chi connectivity index (χ2v) is 22.3. The second-order valence-electron chi connectivity index (χ2n) is 12.8. The Bertz CT molecular complexity index is 450. The van der Waals surface area contributed by atoms with Gasteiger partial charge < -0.3 is 20.3 Å². The monoisotopic (exact) mass is 458 g/mol. The lowest BCUT2D eigenvalue weighted by atomic mass is 9.94. The van der Waals surface area contributed by atoms with E-state index in [1.165, 1.54) is 0 Å². The molecule has 0 aromatic carbocycles. The molecule has 0 aromatic rings. The van der Waals surface area contributed by atoms with Crippen molar-refractivity contribution in [1.82, 2.24) is 0 Å². The Balaban J connectivity index is 0.000000300. The van der Waals surface area contributed by atoms with E-state index in [1.54, 1.807) is 0 Å². The summed E-state index contributed by atoms with van der Waals surface area (Å²) in [5.74, 6) is 0. The first-order valence-corrected chi connectivity index (χ1v) is 18.1. The van der Waals surface area contributed by atoms with Crippen LogP contribution in [0.2, 0.25) is 36.3 Å². The molecule has 0 aromatic heterocycles. The van der Waals surface area contributed by atoms with Crippen LogP contribution in [0.1, 0.15) is 92.9 Å². The van der Waals surface area contributed by atoms with Gasteiger partial charge >= 0.3 is 0 Å². The zero-order valence-corrected chi connectivity index (χ0v) is 23.9. The van der Waals surface area contributed by atoms with E-state index in [2.05, 4.69) is 67.7 Å². The molecule has 4 nitrogen and oxygen atoms in total. The van der Waals surface area contributed by atoms with Gasteiger partial charge in [-0.1, -0.05) is 41.5 Å². The molecule has 0 unspecified atom stereocenters. The van der Waals surface area contributed by atoms with Crippen molar-refractivity contribution in [3.8, 4) is 0 Å². The Hall–Kier alpha value is 0.274. The van der Waals surface area contributed by atoms with Gasteiger partial charge in [0.15, 0.2) is 16.6 Å². The summed E-state index contributed by atoms with van der Waals surface area (Å²) in [7, 11) is -3.11. The fourth-order valence-electron chi connectivity index (χ4n) is 3.60. The summed E-state index contributed by atoms with van der Waals surface area (Å²) < 4.78 is 12.7. The van der Waals surface area contributed by atoms with E-state index in [-0.39, 0.29) is 0 Å². The molecule has 2 aliphatic rings. The van der Waals surface area contributed by atoms with E-state index >= 15 is 0 Å². The molecule has 0 saturated heterocycles. The molecule has 30 heavy (non-hydrogen) atoms. The molecule has 2 aliphatic carbocycles. The Labute approximate surface area is 190 Å². The standard InChI is InChI=1S/2C12H27NOSi/c2*1-12(2,3)15(4,5)14-11-8-6-10(13)7-9-11/h2*10-11H,6-9,13H2,1-5H3. The van der Waals surface area contributed by atoms with Crippen LogP contribution < -0.4 is 11.5 Å². The Morgan fingerprint density at radius 2 is 0.767 bits per heavy atom. The van der Waals surface area contributed by atoms with Gasteiger partial charge in [0.1, 0.15) is 0 Å². The smallest absolute Gasteiger partial charge is 0.192 e. The predicted molar refractivity (Wildman–Crippen MR) is 137 cm³/mol. The van der Waals surface area contributed by atoms with Gasteiger partial charge in [0, 0.05) is 24.3 Å². The first-order chi connectivity index (χ1) is 13.4. The highest BCUT2D eigenvalue weighted by molar-refractivity contribution is 6.74. The topological polar surface area (TPSA) is 70.5 Å². The average Bonchev–Trinajstić information content (AvgIpc) is 2.57. The molecule has 4 N–H and O–H groups in total. The maximum absolute atomic E-state index is 6.37. The van der Waals surface area contributed by atoms with Gasteiger partial charge in [0.25, 0.3) is 0 Å². The molecule has 0 spiro atoms. The molecular formula is C24H54N2O2Si2. The Morgan fingerprint density at radius 1 is 0.533 bits per heavy atom. The van der Waals surface area contributed by atoms with Crippen LogP contribution in [-0.2, 0) is 8.85 Å². The third-order valence-electron chi connectivity index (χ3n) is 7.97. The van der Waals surface area contributed by atoms with Crippen molar-refractivity contribution in [2.24, 2.45) is 11.5 Å². The van der Waals surface area contributed by atoms with Crippen molar-refractivity contribution in [2.45, 2.75) is 153 Å². The Morgan fingerprint density at radius 3 is 0.967 bits per heavy atom. The van der Waals surface area contributed by atoms with Gasteiger partial charge in [0.05, 0.1) is 0 Å². The maximum Gasteiger partial charge on any atom is 0.192 e. The van der Waals surface area contributed by atoms with Gasteiger partial charge in [-0.2, -0.15) is 0 Å². The minimum Gasteiger partial charge on any atom is -0.414 e. The lowest BCUT2D eigenvalue weighted by molar-refractivity contribution is 0.131. The van der Waals surface area contributed by atoms with E-state index in [1.807, 2.05) is 0 Å². The van der Waals surface area contributed by atoms with Gasteiger partial charge in [-0.15, -0.1) is 0 Å². The van der Waals surface area contributed by atoms with Crippen LogP contribution in [0.25, 0.3) is 0 Å². The summed E-state index contributed by atoms with van der Waals surface area (Å²) in [6, 6.07) is 0.841. The summed E-state index contributed by atoms with van der Waals surface area (Å²) in [6.45, 7) is 23.1. The lowest BCUT2D eigenvalue weighted by Crippen LogP contribution is -2.45. The zero-order chi connectivity index (χ0) is 23.4. The third-order valence-corrected chi connectivity index (χ3v) is 17.0. The van der Waals surface area contributed by atoms with Gasteiger partial charge in [-0.25, -0.2) is 0 Å². The first kappa shape index (κ1) is 28.3. The fourth-order valence-corrected chi connectivity index (χ4v) is 6.44. The van der Waals surface area contributed by atoms with E-state index in [0.717, 1.165) is 51.4 Å². The highest BCUT2D eigenvalue weighted by Crippen LogP contribution is 2.40. The summed E-state index contributed by atoms with van der Waals surface area (Å²) in [4.78, 5) is 0. The summed E-state index contributed by atoms with van der Waals surface area (Å²) >= 11 is 0. The van der Waals surface area contributed by atoms with Crippen molar-refractivity contribution in [3.05, 3.63) is 0 Å². The van der Waals surface area contributed by atoms with Crippen LogP contribution in [0.4, 0.5) is 0 Å². The van der Waals surface area contributed by atoms with Crippen LogP contribution in [0.3, 0.4) is 0 Å². The molecule has 180 valence electrons. The number of rotatable bonds is 4. The first-order valence-electron chi connectivity index (χ1n) is 12.3. The van der Waals surface area contributed by atoms with Crippen LogP contribution in [0.5, 0.6) is 0 Å². The highest BCUT2D eigenvalue weighted by Gasteiger charge is 2.40. The fraction of sp³-hybridized carbons (Fsp3) is 1.00. The summed E-state index contributed by atoms with van der Waals surface area (Å²) in [6.07, 6.45) is 10.1. The van der Waals surface area contributed by atoms with Crippen LogP contribution >= 0.6 is 0 Å². The lowest BCUT2D eigenvalue weighted by Gasteiger charge is -2.41. The molecule has 2 fully saturated rings. The van der Waals surface area contributed by atoms with Crippen LogP contribution in [-0.4, -0.2) is 40.9 Å². The molecule has 0 radical (unpaired) electrons. The third kappa shape index (κ3) is 9.03. The van der Waals surface area contributed by atoms with E-state index < -0.39 is 16.6 Å². The molecule has 0 amide bonds. The normalized spacial score (nSPS) is 29.2. The summed E-state index contributed by atoms with van der Waals surface area (Å²) in [5.41, 5.74) is 11.8.